The van der Waals surface area contributed by atoms with Crippen molar-refractivity contribution in [3.63, 3.8) is 0 Å². The molecule has 0 radical (unpaired) electrons. The fraction of sp³-hybridized carbons (Fsp3) is 1.00. The van der Waals surface area contributed by atoms with Gasteiger partial charge < -0.3 is 51.7 Å². The zero-order chi connectivity index (χ0) is 22.0. The number of unbranched alkanes of at least 4 members (excludes halogenated alkanes) is 5. The third-order valence-corrected chi connectivity index (χ3v) is 1.66. The minimum atomic E-state index is -2.67. The van der Waals surface area contributed by atoms with Gasteiger partial charge in [-0.2, -0.15) is 0 Å². The van der Waals surface area contributed by atoms with Crippen molar-refractivity contribution in [2.75, 3.05) is 13.1 Å². The number of rotatable bonds is 7. The largest absolute Gasteiger partial charge is 0.674 e. The molecule has 0 saturated carbocycles. The van der Waals surface area contributed by atoms with Crippen molar-refractivity contribution in [2.45, 2.75) is 38.5 Å². The van der Waals surface area contributed by atoms with Gasteiger partial charge in [0.05, 0.1) is 0 Å². The first kappa shape index (κ1) is 36.5. The van der Waals surface area contributed by atoms with Crippen molar-refractivity contribution < 1.29 is 57.5 Å². The molecule has 158 valence electrons. The van der Waals surface area contributed by atoms with Gasteiger partial charge in [-0.1, -0.05) is 25.7 Å². The minimum Gasteiger partial charge on any atom is -0.398 e. The van der Waals surface area contributed by atoms with Crippen molar-refractivity contribution in [1.82, 2.24) is 0 Å². The van der Waals surface area contributed by atoms with E-state index in [2.05, 4.69) is 0 Å². The van der Waals surface area contributed by atoms with Gasteiger partial charge in [-0.15, -0.1) is 0 Å². The van der Waals surface area contributed by atoms with Crippen LogP contribution in [0.4, 0.5) is 17.3 Å². The fourth-order valence-electron chi connectivity index (χ4n) is 0.996. The van der Waals surface area contributed by atoms with E-state index in [9.17, 15) is 17.3 Å². The van der Waals surface area contributed by atoms with E-state index in [1.165, 1.54) is 38.5 Å². The molecule has 0 aliphatic carbocycles. The van der Waals surface area contributed by atoms with Crippen molar-refractivity contribution in [3.8, 4) is 0 Å². The molecule has 0 bridgehead atoms. The Morgan fingerprint density at radius 1 is 0.423 bits per heavy atom. The quantitative estimate of drug-likeness (QED) is 0.118. The summed E-state index contributed by atoms with van der Waals surface area (Å²) in [6.45, 7) is 1.69. The van der Waals surface area contributed by atoms with Gasteiger partial charge in [0.2, 0.25) is 0 Å². The average Bonchev–Trinajstić information content (AvgIpc) is 2.40. The Morgan fingerprint density at radius 2 is 0.538 bits per heavy atom. The predicted octanol–water partition coefficient (Wildman–Crippen LogP) is -3.05. The highest BCUT2D eigenvalue weighted by Gasteiger charge is 1.98. The van der Waals surface area contributed by atoms with Crippen molar-refractivity contribution in [1.29, 1.82) is 0 Å². The first-order chi connectivity index (χ1) is 11.8. The highest BCUT2D eigenvalue weighted by Crippen LogP contribution is 2.03. The van der Waals surface area contributed by atoms with Crippen molar-refractivity contribution >= 4 is 29.6 Å². The normalized spacial score (nSPS) is 8.08. The third kappa shape index (κ3) is 278. The number of hydrogen-bond donors (Lipinski definition) is 10. The molecule has 0 aliphatic heterocycles. The SMILES string of the molecule is NCCCCCCCCN.OB(O)F.OB(O)F.OB(O)F.OB(O)F. The number of hydrogen-bond acceptors (Lipinski definition) is 10. The maximum Gasteiger partial charge on any atom is 0.674 e. The highest BCUT2D eigenvalue weighted by molar-refractivity contribution is 6.32. The van der Waals surface area contributed by atoms with Gasteiger partial charge in [-0.3, -0.25) is 17.3 Å². The topological polar surface area (TPSA) is 214 Å². The van der Waals surface area contributed by atoms with Gasteiger partial charge in [-0.05, 0) is 25.9 Å². The van der Waals surface area contributed by atoms with E-state index in [4.69, 9.17) is 51.7 Å². The summed E-state index contributed by atoms with van der Waals surface area (Å²) in [6.07, 6.45) is 7.61. The van der Waals surface area contributed by atoms with Crippen LogP contribution in [0.3, 0.4) is 0 Å². The second kappa shape index (κ2) is 35.6. The molecule has 0 amide bonds. The van der Waals surface area contributed by atoms with Crippen LogP contribution in [0, 0.1) is 0 Å². The van der Waals surface area contributed by atoms with Gasteiger partial charge in [-0.25, -0.2) is 0 Å². The molecule has 0 aromatic heterocycles. The van der Waals surface area contributed by atoms with Crippen LogP contribution in [-0.2, 0) is 0 Å². The summed E-state index contributed by atoms with van der Waals surface area (Å²) in [5.74, 6) is 0. The van der Waals surface area contributed by atoms with E-state index < -0.39 is 29.6 Å². The molecule has 0 aromatic rings. The zero-order valence-electron chi connectivity index (χ0n) is 14.2. The molecular weight excluding hydrogens is 371 g/mol. The Morgan fingerprint density at radius 3 is 0.654 bits per heavy atom. The smallest absolute Gasteiger partial charge is 0.398 e. The van der Waals surface area contributed by atoms with Crippen LogP contribution in [0.5, 0.6) is 0 Å². The van der Waals surface area contributed by atoms with E-state index in [1.807, 2.05) is 0 Å². The summed E-state index contributed by atoms with van der Waals surface area (Å²) in [5.41, 5.74) is 10.7. The van der Waals surface area contributed by atoms with E-state index in [-0.39, 0.29) is 0 Å². The molecule has 0 rings (SSSR count). The molecule has 0 fully saturated rings. The van der Waals surface area contributed by atoms with E-state index >= 15 is 0 Å². The summed E-state index contributed by atoms with van der Waals surface area (Å²) >= 11 is 0. The molecule has 26 heavy (non-hydrogen) atoms. The van der Waals surface area contributed by atoms with Gasteiger partial charge >= 0.3 is 29.6 Å². The molecule has 0 aromatic carbocycles. The molecule has 0 saturated heterocycles. The Hall–Kier alpha value is -0.420. The second-order valence-corrected chi connectivity index (χ2v) is 3.94. The maximum atomic E-state index is 10.1. The van der Waals surface area contributed by atoms with Crippen LogP contribution in [0.1, 0.15) is 38.5 Å². The molecule has 12 N–H and O–H groups in total. The van der Waals surface area contributed by atoms with Crippen LogP contribution in [0.2, 0.25) is 0 Å². The summed E-state index contributed by atoms with van der Waals surface area (Å²) < 4.78 is 40.4. The minimum absolute atomic E-state index is 0.844. The zero-order valence-corrected chi connectivity index (χ0v) is 14.2. The predicted molar refractivity (Wildman–Crippen MR) is 91.0 cm³/mol. The van der Waals surface area contributed by atoms with Gasteiger partial charge in [0.1, 0.15) is 0 Å². The summed E-state index contributed by atoms with van der Waals surface area (Å²) in [7, 11) is -10.7. The highest BCUT2D eigenvalue weighted by atomic mass is 19.1. The first-order valence-corrected chi connectivity index (χ1v) is 7.25. The van der Waals surface area contributed by atoms with E-state index in [0.29, 0.717) is 0 Å². The number of halogens is 4. The summed E-state index contributed by atoms with van der Waals surface area (Å²) in [5, 5.41) is 55.6. The lowest BCUT2D eigenvalue weighted by Crippen LogP contribution is -1.99. The van der Waals surface area contributed by atoms with Crippen LogP contribution < -0.4 is 11.5 Å². The molecule has 0 unspecified atom stereocenters. The lowest BCUT2D eigenvalue weighted by atomic mass is 10.1. The molecule has 0 spiro atoms. The molecule has 18 heteroatoms. The average molecular weight is 400 g/mol. The van der Waals surface area contributed by atoms with Gasteiger partial charge in [0.25, 0.3) is 0 Å². The molecule has 0 heterocycles. The second-order valence-electron chi connectivity index (χ2n) is 3.94. The van der Waals surface area contributed by atoms with Gasteiger partial charge in [0.15, 0.2) is 0 Å². The molecule has 10 nitrogen and oxygen atoms in total. The summed E-state index contributed by atoms with van der Waals surface area (Å²) in [6, 6.07) is 0. The van der Waals surface area contributed by atoms with Crippen LogP contribution >= 0.6 is 0 Å². The van der Waals surface area contributed by atoms with Crippen LogP contribution in [0.15, 0.2) is 0 Å². The van der Waals surface area contributed by atoms with E-state index in [0.717, 1.165) is 13.1 Å². The summed E-state index contributed by atoms with van der Waals surface area (Å²) in [4.78, 5) is 0. The Labute approximate surface area is 151 Å². The standard InChI is InChI=1S/C8H20N2.4BFH2O2/c9-7-5-3-1-2-4-6-8-10;4*2-1(3)4/h1-10H2;4*3-4H. The monoisotopic (exact) mass is 400 g/mol. The third-order valence-electron chi connectivity index (χ3n) is 1.66. The number of nitrogens with two attached hydrogens (primary N) is 2. The molecule has 0 aliphatic rings. The molecule has 0 atom stereocenters. The first-order valence-electron chi connectivity index (χ1n) is 7.25. The van der Waals surface area contributed by atoms with Crippen LogP contribution in [0.25, 0.3) is 0 Å². The Balaban J connectivity index is -0.0000000776. The van der Waals surface area contributed by atoms with Crippen molar-refractivity contribution in [2.24, 2.45) is 11.5 Å². The Kier molecular flexibility index (Phi) is 50.0. The lowest BCUT2D eigenvalue weighted by molar-refractivity contribution is 0.338. The van der Waals surface area contributed by atoms with Crippen LogP contribution in [-0.4, -0.2) is 82.9 Å². The Bertz CT molecular complexity index is 178. The fourth-order valence-corrected chi connectivity index (χ4v) is 0.996. The maximum absolute atomic E-state index is 10.1. The lowest BCUT2D eigenvalue weighted by Gasteiger charge is -1.97. The van der Waals surface area contributed by atoms with E-state index in [1.54, 1.807) is 0 Å². The van der Waals surface area contributed by atoms with Gasteiger partial charge in [0, 0.05) is 0 Å². The van der Waals surface area contributed by atoms with Crippen molar-refractivity contribution in [3.05, 3.63) is 0 Å². The molecular formula is C8H28B4F4N2O8.